The largest absolute Gasteiger partial charge is 0.455 e. The van der Waals surface area contributed by atoms with Crippen LogP contribution in [0.1, 0.15) is 25.7 Å². The van der Waals surface area contributed by atoms with Gasteiger partial charge >= 0.3 is 5.97 Å². The number of piperazine rings is 1. The lowest BCUT2D eigenvalue weighted by Crippen LogP contribution is -2.50. The van der Waals surface area contributed by atoms with Crippen molar-refractivity contribution >= 4 is 17.6 Å². The Morgan fingerprint density at radius 3 is 2.40 bits per heavy atom. The highest BCUT2D eigenvalue weighted by Crippen LogP contribution is 2.48. The topological polar surface area (TPSA) is 49.9 Å². The van der Waals surface area contributed by atoms with Crippen molar-refractivity contribution in [2.75, 3.05) is 37.7 Å². The number of carbonyl (C=O) groups excluding carboxylic acids is 2. The molecule has 0 aromatic heterocycles. The molecule has 2 bridgehead atoms. The molecule has 0 N–H and O–H groups in total. The molecule has 3 atom stereocenters. The van der Waals surface area contributed by atoms with E-state index in [1.54, 1.807) is 0 Å². The first kappa shape index (κ1) is 16.4. The molecule has 1 heterocycles. The zero-order valence-electron chi connectivity index (χ0n) is 14.6. The second-order valence-corrected chi connectivity index (χ2v) is 7.59. The minimum Gasteiger partial charge on any atom is -0.455 e. The van der Waals surface area contributed by atoms with Crippen molar-refractivity contribution in [1.82, 2.24) is 4.90 Å². The van der Waals surface area contributed by atoms with Gasteiger partial charge in [-0.3, -0.25) is 9.59 Å². The summed E-state index contributed by atoms with van der Waals surface area (Å²) in [7, 11) is 0. The van der Waals surface area contributed by atoms with Crippen molar-refractivity contribution < 1.29 is 14.3 Å². The maximum Gasteiger partial charge on any atom is 0.309 e. The summed E-state index contributed by atoms with van der Waals surface area (Å²) in [6, 6.07) is 10.3. The highest BCUT2D eigenvalue weighted by molar-refractivity contribution is 5.81. The molecule has 1 amide bonds. The number of ether oxygens (including phenoxy) is 1. The Morgan fingerprint density at radius 2 is 1.76 bits per heavy atom. The Hall–Kier alpha value is -2.04. The molecule has 4 rings (SSSR count). The number of fused-ring (bicyclic) bond motifs is 2. The number of rotatable bonds is 4. The van der Waals surface area contributed by atoms with Crippen LogP contribution >= 0.6 is 0 Å². The van der Waals surface area contributed by atoms with Crippen molar-refractivity contribution in [2.45, 2.75) is 25.7 Å². The van der Waals surface area contributed by atoms with Gasteiger partial charge in [0.2, 0.25) is 0 Å². The van der Waals surface area contributed by atoms with E-state index in [-0.39, 0.29) is 24.4 Å². The van der Waals surface area contributed by atoms with Gasteiger partial charge in [-0.25, -0.2) is 0 Å². The van der Waals surface area contributed by atoms with Crippen molar-refractivity contribution in [3.8, 4) is 0 Å². The Morgan fingerprint density at radius 1 is 1.00 bits per heavy atom. The fourth-order valence-corrected chi connectivity index (χ4v) is 4.72. The van der Waals surface area contributed by atoms with E-state index in [9.17, 15) is 9.59 Å². The highest BCUT2D eigenvalue weighted by Gasteiger charge is 2.44. The molecular formula is C20H26N2O3. The number of hydrogen-bond donors (Lipinski definition) is 0. The summed E-state index contributed by atoms with van der Waals surface area (Å²) < 4.78 is 5.36. The number of hydrogen-bond acceptors (Lipinski definition) is 4. The molecule has 5 heteroatoms. The quantitative estimate of drug-likeness (QED) is 0.788. The molecular weight excluding hydrogens is 316 g/mol. The van der Waals surface area contributed by atoms with Crippen LogP contribution in [-0.2, 0) is 14.3 Å². The van der Waals surface area contributed by atoms with Crippen LogP contribution in [0.25, 0.3) is 0 Å². The van der Waals surface area contributed by atoms with E-state index in [2.05, 4.69) is 17.0 Å². The number of esters is 1. The van der Waals surface area contributed by atoms with Gasteiger partial charge in [0.05, 0.1) is 5.92 Å². The lowest BCUT2D eigenvalue weighted by atomic mass is 9.89. The van der Waals surface area contributed by atoms with Crippen LogP contribution in [0, 0.1) is 17.8 Å². The van der Waals surface area contributed by atoms with Crippen LogP contribution in [0.5, 0.6) is 0 Å². The molecule has 0 spiro atoms. The normalized spacial score (nSPS) is 28.2. The SMILES string of the molecule is O=C(OCC(=O)N1CCN(c2ccccc2)CC1)C1CC2CCC1C2. The molecule has 3 unspecified atom stereocenters. The Labute approximate surface area is 148 Å². The number of benzene rings is 1. The van der Waals surface area contributed by atoms with E-state index in [4.69, 9.17) is 4.74 Å². The summed E-state index contributed by atoms with van der Waals surface area (Å²) in [4.78, 5) is 28.7. The van der Waals surface area contributed by atoms with Gasteiger partial charge < -0.3 is 14.5 Å². The molecule has 5 nitrogen and oxygen atoms in total. The summed E-state index contributed by atoms with van der Waals surface area (Å²) in [5.74, 6) is 1.04. The van der Waals surface area contributed by atoms with Gasteiger partial charge in [-0.05, 0) is 43.2 Å². The molecule has 1 aliphatic heterocycles. The van der Waals surface area contributed by atoms with E-state index in [0.717, 1.165) is 25.9 Å². The van der Waals surface area contributed by atoms with Gasteiger partial charge in [0.15, 0.2) is 6.61 Å². The van der Waals surface area contributed by atoms with E-state index < -0.39 is 0 Å². The Kier molecular flexibility index (Phi) is 4.64. The minimum absolute atomic E-state index is 0.0430. The van der Waals surface area contributed by atoms with Crippen LogP contribution in [0.2, 0.25) is 0 Å². The first-order valence-corrected chi connectivity index (χ1v) is 9.45. The van der Waals surface area contributed by atoms with Gasteiger partial charge in [0.1, 0.15) is 0 Å². The lowest BCUT2D eigenvalue weighted by Gasteiger charge is -2.36. The minimum atomic E-state index is -0.150. The summed E-state index contributed by atoms with van der Waals surface area (Å²) in [5, 5.41) is 0. The van der Waals surface area contributed by atoms with Crippen LogP contribution < -0.4 is 4.90 Å². The maximum atomic E-state index is 12.4. The standard InChI is InChI=1S/C20H26N2O3/c23-19(14-25-20(24)18-13-15-6-7-16(18)12-15)22-10-8-21(9-11-22)17-4-2-1-3-5-17/h1-5,15-16,18H,6-14H2. The predicted octanol–water partition coefficient (Wildman–Crippen LogP) is 2.31. The zero-order valence-corrected chi connectivity index (χ0v) is 14.6. The summed E-state index contributed by atoms with van der Waals surface area (Å²) in [6.07, 6.45) is 4.56. The molecule has 2 saturated carbocycles. The third-order valence-corrected chi connectivity index (χ3v) is 6.13. The molecule has 25 heavy (non-hydrogen) atoms. The number of amides is 1. The summed E-state index contributed by atoms with van der Waals surface area (Å²) in [6.45, 7) is 2.89. The molecule has 3 fully saturated rings. The van der Waals surface area contributed by atoms with Crippen LogP contribution in [-0.4, -0.2) is 49.6 Å². The predicted molar refractivity (Wildman–Crippen MR) is 95.1 cm³/mol. The average Bonchev–Trinajstić information content (AvgIpc) is 3.30. The average molecular weight is 342 g/mol. The van der Waals surface area contributed by atoms with E-state index >= 15 is 0 Å². The Bertz CT molecular complexity index is 625. The van der Waals surface area contributed by atoms with Crippen molar-refractivity contribution in [3.05, 3.63) is 30.3 Å². The molecule has 1 saturated heterocycles. The van der Waals surface area contributed by atoms with Gasteiger partial charge in [0, 0.05) is 31.9 Å². The number of anilines is 1. The Balaban J connectivity index is 1.22. The highest BCUT2D eigenvalue weighted by atomic mass is 16.5. The van der Waals surface area contributed by atoms with Crippen molar-refractivity contribution in [2.24, 2.45) is 17.8 Å². The zero-order chi connectivity index (χ0) is 17.2. The third kappa shape index (κ3) is 3.51. The first-order chi connectivity index (χ1) is 12.2. The number of para-hydroxylation sites is 1. The molecule has 3 aliphatic rings. The smallest absolute Gasteiger partial charge is 0.309 e. The van der Waals surface area contributed by atoms with Gasteiger partial charge in [-0.15, -0.1) is 0 Å². The number of carbonyl (C=O) groups is 2. The van der Waals surface area contributed by atoms with Gasteiger partial charge in [-0.1, -0.05) is 24.6 Å². The monoisotopic (exact) mass is 342 g/mol. The summed E-state index contributed by atoms with van der Waals surface area (Å²) in [5.41, 5.74) is 1.19. The van der Waals surface area contributed by atoms with E-state index in [0.29, 0.717) is 24.9 Å². The maximum absolute atomic E-state index is 12.4. The van der Waals surface area contributed by atoms with Crippen LogP contribution in [0.3, 0.4) is 0 Å². The fourth-order valence-electron chi connectivity index (χ4n) is 4.72. The van der Waals surface area contributed by atoms with E-state index in [1.807, 2.05) is 23.1 Å². The second kappa shape index (κ2) is 7.06. The number of nitrogens with zero attached hydrogens (tertiary/aromatic N) is 2. The fraction of sp³-hybridized carbons (Fsp3) is 0.600. The molecule has 1 aromatic rings. The molecule has 0 radical (unpaired) electrons. The van der Waals surface area contributed by atoms with Crippen molar-refractivity contribution in [3.63, 3.8) is 0 Å². The van der Waals surface area contributed by atoms with Crippen LogP contribution in [0.4, 0.5) is 5.69 Å². The lowest BCUT2D eigenvalue weighted by molar-refractivity contribution is -0.157. The van der Waals surface area contributed by atoms with Crippen molar-refractivity contribution in [1.29, 1.82) is 0 Å². The second-order valence-electron chi connectivity index (χ2n) is 7.59. The van der Waals surface area contributed by atoms with Gasteiger partial charge in [0.25, 0.3) is 5.91 Å². The van der Waals surface area contributed by atoms with Crippen LogP contribution in [0.15, 0.2) is 30.3 Å². The summed E-state index contributed by atoms with van der Waals surface area (Å²) >= 11 is 0. The molecule has 134 valence electrons. The van der Waals surface area contributed by atoms with E-state index in [1.165, 1.54) is 18.5 Å². The third-order valence-electron chi connectivity index (χ3n) is 6.13. The van der Waals surface area contributed by atoms with Gasteiger partial charge in [-0.2, -0.15) is 0 Å². The molecule has 1 aromatic carbocycles. The molecule has 2 aliphatic carbocycles. The first-order valence-electron chi connectivity index (χ1n) is 9.45.